The molecule has 35 heavy (non-hydrogen) atoms. The zero-order valence-electron chi connectivity index (χ0n) is 19.3. The van der Waals surface area contributed by atoms with E-state index < -0.39 is 0 Å². The molecule has 3 aromatic carbocycles. The predicted molar refractivity (Wildman–Crippen MR) is 141 cm³/mol. The average Bonchev–Trinajstić information content (AvgIpc) is 3.32. The zero-order chi connectivity index (χ0) is 23.2. The van der Waals surface area contributed by atoms with Gasteiger partial charge in [0.05, 0.1) is 5.69 Å². The van der Waals surface area contributed by atoms with Gasteiger partial charge in [-0.25, -0.2) is 0 Å². The number of H-pyrrole nitrogens is 1. The van der Waals surface area contributed by atoms with Gasteiger partial charge in [0.2, 0.25) is 0 Å². The second-order valence-electron chi connectivity index (χ2n) is 9.05. The summed E-state index contributed by atoms with van der Waals surface area (Å²) >= 11 is 0. The third kappa shape index (κ3) is 3.20. The molecule has 3 heteroatoms. The largest absolute Gasteiger partial charge is 0.351 e. The molecular formula is C32H24N3+. The third-order valence-corrected chi connectivity index (χ3v) is 7.06. The Morgan fingerprint density at radius 3 is 2.11 bits per heavy atom. The Hall–Kier alpha value is -4.50. The molecule has 0 bridgehead atoms. The van der Waals surface area contributed by atoms with Gasteiger partial charge in [0, 0.05) is 28.1 Å². The minimum absolute atomic E-state index is 0.925. The van der Waals surface area contributed by atoms with Crippen molar-refractivity contribution in [2.75, 3.05) is 0 Å². The normalized spacial score (nSPS) is 12.3. The van der Waals surface area contributed by atoms with Gasteiger partial charge in [0.15, 0.2) is 5.69 Å². The van der Waals surface area contributed by atoms with E-state index in [0.29, 0.717) is 0 Å². The molecule has 7 rings (SSSR count). The average molecular weight is 451 g/mol. The monoisotopic (exact) mass is 450 g/mol. The van der Waals surface area contributed by atoms with Crippen LogP contribution in [-0.2, 0) is 12.8 Å². The molecule has 1 aliphatic rings. The van der Waals surface area contributed by atoms with Gasteiger partial charge in [-0.3, -0.25) is 0 Å². The highest BCUT2D eigenvalue weighted by Gasteiger charge is 2.33. The molecule has 0 aliphatic heterocycles. The Morgan fingerprint density at radius 2 is 1.34 bits per heavy atom. The predicted octanol–water partition coefficient (Wildman–Crippen LogP) is 6.94. The number of hydrogen-bond acceptors (Lipinski definition) is 1. The molecule has 166 valence electrons. The second-order valence-corrected chi connectivity index (χ2v) is 9.05. The van der Waals surface area contributed by atoms with E-state index in [1.54, 1.807) is 0 Å². The number of para-hydroxylation sites is 1. The summed E-state index contributed by atoms with van der Waals surface area (Å²) in [6, 6.07) is 38.6. The minimum atomic E-state index is 0.925. The number of hydrogen-bond donors (Lipinski definition) is 1. The molecule has 1 aliphatic carbocycles. The van der Waals surface area contributed by atoms with E-state index in [9.17, 15) is 0 Å². The SMILES string of the molecule is c1ccc(-c2cc(-c3ccccc3)[n+](-c3ccccn3)c3c2CCc2c-3[nH]c3ccccc23)cc1. The van der Waals surface area contributed by atoms with Crippen LogP contribution in [0.2, 0.25) is 0 Å². The highest BCUT2D eigenvalue weighted by Crippen LogP contribution is 2.41. The number of rotatable bonds is 3. The summed E-state index contributed by atoms with van der Waals surface area (Å²) in [5, 5.41) is 1.31. The van der Waals surface area contributed by atoms with E-state index in [4.69, 9.17) is 4.98 Å². The summed E-state index contributed by atoms with van der Waals surface area (Å²) in [7, 11) is 0. The molecular weight excluding hydrogens is 426 g/mol. The zero-order valence-corrected chi connectivity index (χ0v) is 19.3. The Balaban J connectivity index is 1.66. The van der Waals surface area contributed by atoms with Gasteiger partial charge in [-0.1, -0.05) is 84.9 Å². The summed E-state index contributed by atoms with van der Waals surface area (Å²) in [5.41, 5.74) is 11.2. The molecule has 3 heterocycles. The summed E-state index contributed by atoms with van der Waals surface area (Å²) < 4.78 is 2.35. The van der Waals surface area contributed by atoms with E-state index in [2.05, 4.69) is 113 Å². The number of aryl methyl sites for hydroxylation is 1. The lowest BCUT2D eigenvalue weighted by molar-refractivity contribution is -0.576. The van der Waals surface area contributed by atoms with Crippen molar-refractivity contribution in [3.8, 4) is 39.6 Å². The molecule has 0 spiro atoms. The van der Waals surface area contributed by atoms with Crippen LogP contribution < -0.4 is 4.57 Å². The maximum absolute atomic E-state index is 4.82. The fraction of sp³-hybridized carbons (Fsp3) is 0.0625. The number of nitrogens with zero attached hydrogens (tertiary/aromatic N) is 2. The molecule has 0 saturated carbocycles. The number of fused-ring (bicyclic) bond motifs is 5. The van der Waals surface area contributed by atoms with E-state index in [-0.39, 0.29) is 0 Å². The highest BCUT2D eigenvalue weighted by molar-refractivity contribution is 5.92. The van der Waals surface area contributed by atoms with Gasteiger partial charge in [0.1, 0.15) is 11.9 Å². The van der Waals surface area contributed by atoms with Crippen LogP contribution in [0.1, 0.15) is 11.1 Å². The molecule has 0 amide bonds. The van der Waals surface area contributed by atoms with Crippen molar-refractivity contribution in [1.29, 1.82) is 0 Å². The number of benzene rings is 3. The standard InChI is InChI=1S/C32H23N3/c1-3-11-22(12-4-1)27-21-29(23-13-5-2-6-14-23)35(30-17-9-10-20-33-30)32-26(27)19-18-25-24-15-7-8-16-28(24)34-31(25)32/h1-17,20-21H,18-19H2/p+1. The number of pyridine rings is 2. The van der Waals surface area contributed by atoms with Gasteiger partial charge < -0.3 is 4.98 Å². The quantitative estimate of drug-likeness (QED) is 0.291. The van der Waals surface area contributed by atoms with Crippen molar-refractivity contribution < 1.29 is 4.57 Å². The summed E-state index contributed by atoms with van der Waals surface area (Å²) in [6.45, 7) is 0. The lowest BCUT2D eigenvalue weighted by Crippen LogP contribution is -2.40. The molecule has 0 saturated heterocycles. The van der Waals surface area contributed by atoms with E-state index in [1.165, 1.54) is 50.1 Å². The maximum atomic E-state index is 4.82. The Bertz CT molecular complexity index is 1670. The molecule has 0 fully saturated rings. The highest BCUT2D eigenvalue weighted by atomic mass is 15.1. The second kappa shape index (κ2) is 8.07. The van der Waals surface area contributed by atoms with E-state index >= 15 is 0 Å². The van der Waals surface area contributed by atoms with Crippen LogP contribution in [0.4, 0.5) is 0 Å². The van der Waals surface area contributed by atoms with E-state index in [1.807, 2.05) is 12.3 Å². The topological polar surface area (TPSA) is 32.6 Å². The Labute approximate surface area is 204 Å². The van der Waals surface area contributed by atoms with Crippen molar-refractivity contribution in [2.45, 2.75) is 12.8 Å². The third-order valence-electron chi connectivity index (χ3n) is 7.06. The lowest BCUT2D eigenvalue weighted by Gasteiger charge is -2.23. The number of aromatic amines is 1. The van der Waals surface area contributed by atoms with Crippen LogP contribution in [-0.4, -0.2) is 9.97 Å². The molecule has 3 aromatic heterocycles. The number of nitrogens with one attached hydrogen (secondary N) is 1. The fourth-order valence-electron chi connectivity index (χ4n) is 5.52. The van der Waals surface area contributed by atoms with Gasteiger partial charge in [-0.2, -0.15) is 4.57 Å². The van der Waals surface area contributed by atoms with E-state index in [0.717, 1.165) is 24.4 Å². The van der Waals surface area contributed by atoms with Crippen molar-refractivity contribution in [1.82, 2.24) is 9.97 Å². The van der Waals surface area contributed by atoms with Crippen molar-refractivity contribution >= 4 is 10.9 Å². The fourth-order valence-corrected chi connectivity index (χ4v) is 5.52. The summed E-state index contributed by atoms with van der Waals surface area (Å²) in [4.78, 5) is 8.61. The summed E-state index contributed by atoms with van der Waals surface area (Å²) in [6.07, 6.45) is 3.87. The lowest BCUT2D eigenvalue weighted by atomic mass is 9.85. The van der Waals surface area contributed by atoms with Crippen molar-refractivity contribution in [2.24, 2.45) is 0 Å². The van der Waals surface area contributed by atoms with Gasteiger partial charge in [-0.05, 0) is 52.7 Å². The first-order valence-electron chi connectivity index (χ1n) is 12.1. The number of aromatic nitrogens is 3. The van der Waals surface area contributed by atoms with Crippen LogP contribution in [0.25, 0.3) is 50.5 Å². The van der Waals surface area contributed by atoms with Crippen molar-refractivity contribution in [3.63, 3.8) is 0 Å². The maximum Gasteiger partial charge on any atom is 0.328 e. The molecule has 0 atom stereocenters. The first-order valence-corrected chi connectivity index (χ1v) is 12.1. The molecule has 0 unspecified atom stereocenters. The van der Waals surface area contributed by atoms with Crippen LogP contribution in [0.5, 0.6) is 0 Å². The van der Waals surface area contributed by atoms with Crippen molar-refractivity contribution in [3.05, 3.63) is 127 Å². The molecule has 1 N–H and O–H groups in total. The smallest absolute Gasteiger partial charge is 0.328 e. The van der Waals surface area contributed by atoms with Crippen LogP contribution in [0.3, 0.4) is 0 Å². The first-order chi connectivity index (χ1) is 17.4. The summed E-state index contributed by atoms with van der Waals surface area (Å²) in [5.74, 6) is 0.925. The van der Waals surface area contributed by atoms with Crippen LogP contribution >= 0.6 is 0 Å². The Kier molecular flexibility index (Phi) is 4.59. The van der Waals surface area contributed by atoms with Crippen LogP contribution in [0.15, 0.2) is 115 Å². The van der Waals surface area contributed by atoms with Gasteiger partial charge >= 0.3 is 5.82 Å². The van der Waals surface area contributed by atoms with Gasteiger partial charge in [-0.15, -0.1) is 0 Å². The van der Waals surface area contributed by atoms with Crippen LogP contribution in [0, 0.1) is 0 Å². The Morgan fingerprint density at radius 1 is 0.657 bits per heavy atom. The molecule has 3 nitrogen and oxygen atoms in total. The molecule has 0 radical (unpaired) electrons. The molecule has 6 aromatic rings. The first kappa shape index (κ1) is 19.9. The minimum Gasteiger partial charge on any atom is -0.351 e. The van der Waals surface area contributed by atoms with Gasteiger partial charge in [0.25, 0.3) is 0 Å².